The predicted octanol–water partition coefficient (Wildman–Crippen LogP) is -4.07. The highest BCUT2D eigenvalue weighted by molar-refractivity contribution is 5.59. The third kappa shape index (κ3) is 10.3. The van der Waals surface area contributed by atoms with Gasteiger partial charge in [-0.25, -0.2) is 0 Å². The van der Waals surface area contributed by atoms with Crippen molar-refractivity contribution in [3.63, 3.8) is 0 Å². The Morgan fingerprint density at radius 2 is 1.09 bits per heavy atom. The minimum atomic E-state index is -2.03. The highest BCUT2D eigenvalue weighted by Gasteiger charge is 2.80. The highest BCUT2D eigenvalue weighted by atomic mass is 16.8. The Morgan fingerprint density at radius 3 is 1.76 bits per heavy atom. The molecule has 0 aromatic carbocycles. The molecule has 6 heterocycles. The lowest BCUT2D eigenvalue weighted by Gasteiger charge is -2.75. The van der Waals surface area contributed by atoms with Crippen molar-refractivity contribution in [3.8, 4) is 0 Å². The van der Waals surface area contributed by atoms with Gasteiger partial charge in [0.05, 0.1) is 57.5 Å². The maximum atomic E-state index is 12.6. The van der Waals surface area contributed by atoms with E-state index in [4.69, 9.17) is 52.1 Å². The number of rotatable bonds is 14. The van der Waals surface area contributed by atoms with Crippen LogP contribution in [0.15, 0.2) is 0 Å². The summed E-state index contributed by atoms with van der Waals surface area (Å²) in [5.74, 6) is 0.330. The minimum Gasteiger partial charge on any atom is -0.394 e. The molecule has 11 fully saturated rings. The van der Waals surface area contributed by atoms with Crippen LogP contribution in [-0.4, -0.2) is 282 Å². The fourth-order valence-electron chi connectivity index (χ4n) is 18.8. The van der Waals surface area contributed by atoms with Gasteiger partial charge < -0.3 is 133 Å². The zero-order valence-electron chi connectivity index (χ0n) is 49.2. The third-order valence-electron chi connectivity index (χ3n) is 24.0. The van der Waals surface area contributed by atoms with Crippen LogP contribution in [0.5, 0.6) is 0 Å². The van der Waals surface area contributed by atoms with E-state index in [0.29, 0.717) is 25.9 Å². The van der Waals surface area contributed by atoms with E-state index in [2.05, 4.69) is 34.6 Å². The van der Waals surface area contributed by atoms with Crippen molar-refractivity contribution >= 4 is 6.29 Å². The zero-order valence-corrected chi connectivity index (χ0v) is 49.2. The molecule has 5 aliphatic carbocycles. The Morgan fingerprint density at radius 1 is 0.506 bits per heavy atom. The first-order valence-corrected chi connectivity index (χ1v) is 30.6. The van der Waals surface area contributed by atoms with Crippen molar-refractivity contribution in [2.75, 3.05) is 39.6 Å². The van der Waals surface area contributed by atoms with E-state index in [9.17, 15) is 81.4 Å². The summed E-state index contributed by atoms with van der Waals surface area (Å²) in [7, 11) is 0. The number of carbonyl (C=O) groups is 1. The van der Waals surface area contributed by atoms with Gasteiger partial charge in [0.25, 0.3) is 0 Å². The van der Waals surface area contributed by atoms with Gasteiger partial charge in [0.1, 0.15) is 116 Å². The Labute approximate surface area is 493 Å². The van der Waals surface area contributed by atoms with Crippen LogP contribution < -0.4 is 0 Å². The normalized spacial score (nSPS) is 57.6. The van der Waals surface area contributed by atoms with Gasteiger partial charge in [-0.05, 0) is 98.2 Å². The molecule has 2 bridgehead atoms. The van der Waals surface area contributed by atoms with E-state index < -0.39 is 208 Å². The summed E-state index contributed by atoms with van der Waals surface area (Å²) in [6.07, 6.45) is -33.0. The van der Waals surface area contributed by atoms with E-state index in [1.54, 1.807) is 0 Å². The van der Waals surface area contributed by atoms with Crippen LogP contribution in [0.2, 0.25) is 0 Å². The van der Waals surface area contributed by atoms with Gasteiger partial charge in [-0.2, -0.15) is 0 Å². The number of ether oxygens (including phenoxy) is 11. The molecule has 6 saturated heterocycles. The molecule has 11 aliphatic rings. The number of hydrogen-bond acceptors (Lipinski definition) is 27. The van der Waals surface area contributed by atoms with Gasteiger partial charge in [0.15, 0.2) is 31.5 Å². The summed E-state index contributed by atoms with van der Waals surface area (Å²) in [5, 5.41) is 164. The summed E-state index contributed by atoms with van der Waals surface area (Å²) in [6, 6.07) is 0. The van der Waals surface area contributed by atoms with Gasteiger partial charge in [0, 0.05) is 16.2 Å². The molecule has 0 amide bonds. The second-order valence-electron chi connectivity index (χ2n) is 28.7. The minimum absolute atomic E-state index is 0.0423. The molecule has 0 aromatic heterocycles. The fourth-order valence-corrected chi connectivity index (χ4v) is 18.8. The highest BCUT2D eigenvalue weighted by Crippen LogP contribution is 2.80. The van der Waals surface area contributed by atoms with E-state index in [1.165, 1.54) is 0 Å². The molecule has 15 N–H and O–H groups in total. The van der Waals surface area contributed by atoms with E-state index >= 15 is 0 Å². The van der Waals surface area contributed by atoms with Crippen LogP contribution in [-0.2, 0) is 56.9 Å². The molecule has 27 nitrogen and oxygen atoms in total. The zero-order chi connectivity index (χ0) is 61.5. The Kier molecular flexibility index (Phi) is 18.1. The number of hydrogen-bond donors (Lipinski definition) is 15. The molecule has 34 atom stereocenters. The standard InChI is InChI=1S/C58H94O27/c1-52(2)29-7-11-55(5)30(8-12-58-31-15-53(3,22-61)13-14-57(31,23-78-58)32(63)16-56(55,58)6)54(29,4)10-9-33(52)83-50-45(85-49-44(74)40(70)36(66)26(18-60)80-49)38(68)28(21-77-50)82-51-46(84-48-42(72)34(64)24(62)19-75-48)41(71)37(67)27(81-51)20-76-47-43(73)39(69)35(65)25(17-59)79-47/h22,24-51,59-60,62-74H,7-21,23H2,1-6H3. The average molecular weight is 1220 g/mol. The first-order chi connectivity index (χ1) is 40.0. The summed E-state index contributed by atoms with van der Waals surface area (Å²) >= 11 is 0. The Bertz CT molecular complexity index is 2340. The molecule has 6 aliphatic heterocycles. The van der Waals surface area contributed by atoms with Crippen molar-refractivity contribution in [2.24, 2.45) is 50.2 Å². The first-order valence-electron chi connectivity index (χ1n) is 30.6. The second kappa shape index (κ2) is 23.6. The van der Waals surface area contributed by atoms with Gasteiger partial charge in [-0.3, -0.25) is 0 Å². The van der Waals surface area contributed by atoms with E-state index in [0.717, 1.165) is 51.2 Å². The molecule has 85 heavy (non-hydrogen) atoms. The average Bonchev–Trinajstić information content (AvgIpc) is 1.63. The quantitative estimate of drug-likeness (QED) is 0.0581. The SMILES string of the molecule is CC1(C=O)CCC23COC4(CCC5C6(C)CCC(OC7OCC(OC8OC(COC9OC(CO)C(O)C(O)C9O)C(O)C(O)C8OC8OCC(O)C(O)C8O)C(O)C7OC7OC(CO)C(O)C(O)C7O)C(C)(C)C6CCC5(C)C4(C)CC2O)C3C1. The van der Waals surface area contributed by atoms with E-state index in [1.807, 2.05) is 6.92 Å². The van der Waals surface area contributed by atoms with Crippen LogP contribution in [0.25, 0.3) is 0 Å². The molecule has 0 radical (unpaired) electrons. The summed E-state index contributed by atoms with van der Waals surface area (Å²) in [6.45, 7) is 10.6. The largest absolute Gasteiger partial charge is 0.394 e. The number of aldehydes is 1. The molecule has 34 unspecified atom stereocenters. The lowest BCUT2D eigenvalue weighted by Crippen LogP contribution is -2.74. The molecule has 488 valence electrons. The van der Waals surface area contributed by atoms with Crippen LogP contribution in [0.1, 0.15) is 106 Å². The molecule has 27 heteroatoms. The number of fused-ring (bicyclic) bond motifs is 4. The van der Waals surface area contributed by atoms with Crippen LogP contribution in [0.3, 0.4) is 0 Å². The monoisotopic (exact) mass is 1220 g/mol. The number of carbonyl (C=O) groups excluding carboxylic acids is 1. The van der Waals surface area contributed by atoms with E-state index in [-0.39, 0.29) is 34.0 Å². The van der Waals surface area contributed by atoms with Crippen molar-refractivity contribution in [1.29, 1.82) is 0 Å². The predicted molar refractivity (Wildman–Crippen MR) is 283 cm³/mol. The third-order valence-corrected chi connectivity index (χ3v) is 24.0. The lowest BCUT2D eigenvalue weighted by atomic mass is 9.30. The molecular weight excluding hydrogens is 1130 g/mol. The topological polar surface area (TPSA) is 422 Å². The van der Waals surface area contributed by atoms with Crippen LogP contribution in [0, 0.1) is 50.2 Å². The molecule has 5 saturated carbocycles. The van der Waals surface area contributed by atoms with Gasteiger partial charge in [-0.15, -0.1) is 0 Å². The van der Waals surface area contributed by atoms with Crippen molar-refractivity contribution in [3.05, 3.63) is 0 Å². The van der Waals surface area contributed by atoms with Crippen LogP contribution in [0.4, 0.5) is 0 Å². The Hall–Kier alpha value is -1.37. The van der Waals surface area contributed by atoms with Crippen molar-refractivity contribution < 1.29 is 133 Å². The smallest absolute Gasteiger partial charge is 0.187 e. The van der Waals surface area contributed by atoms with Gasteiger partial charge in [0.2, 0.25) is 0 Å². The van der Waals surface area contributed by atoms with Gasteiger partial charge in [-0.1, -0.05) is 41.5 Å². The van der Waals surface area contributed by atoms with Crippen LogP contribution >= 0.6 is 0 Å². The summed E-state index contributed by atoms with van der Waals surface area (Å²) in [5.41, 5.74) is -2.85. The maximum Gasteiger partial charge on any atom is 0.187 e. The number of aliphatic hydroxyl groups excluding tert-OH is 15. The maximum absolute atomic E-state index is 12.6. The molecule has 11 rings (SSSR count). The molecule has 1 spiro atoms. The number of aliphatic hydroxyl groups is 15. The fraction of sp³-hybridized carbons (Fsp3) is 0.983. The molecular formula is C58H94O27. The second-order valence-corrected chi connectivity index (χ2v) is 28.7. The molecule has 0 aromatic rings. The summed E-state index contributed by atoms with van der Waals surface area (Å²) < 4.78 is 67.8. The first kappa shape index (κ1) is 65.1. The van der Waals surface area contributed by atoms with Crippen molar-refractivity contribution in [2.45, 2.75) is 265 Å². The Balaban J connectivity index is 0.849. The summed E-state index contributed by atoms with van der Waals surface area (Å²) in [4.78, 5) is 12.6. The van der Waals surface area contributed by atoms with Crippen molar-refractivity contribution in [1.82, 2.24) is 0 Å². The lowest BCUT2D eigenvalue weighted by molar-refractivity contribution is -0.394. The van der Waals surface area contributed by atoms with Gasteiger partial charge >= 0.3 is 0 Å².